The minimum atomic E-state index is -0.291. The molecule has 0 saturated heterocycles. The van der Waals surface area contributed by atoms with Crippen LogP contribution in [0.4, 0.5) is 10.6 Å². The van der Waals surface area contributed by atoms with E-state index in [1.807, 2.05) is 20.2 Å². The van der Waals surface area contributed by atoms with Crippen LogP contribution in [0.25, 0.3) is 11.3 Å². The molecule has 0 aromatic carbocycles. The predicted octanol–water partition coefficient (Wildman–Crippen LogP) is 1.02. The molecule has 0 atom stereocenters. The number of hydrogen-bond acceptors (Lipinski definition) is 4. The molecule has 0 aliphatic carbocycles. The van der Waals surface area contributed by atoms with Crippen molar-refractivity contribution in [3.63, 3.8) is 0 Å². The number of amides is 2. The molecular formula is C11H14N6O. The second kappa shape index (κ2) is 5.26. The Bertz CT molecular complexity index is 533. The largest absolute Gasteiger partial charge is 0.338 e. The highest BCUT2D eigenvalue weighted by atomic mass is 16.2. The predicted molar refractivity (Wildman–Crippen MR) is 66.9 cm³/mol. The lowest BCUT2D eigenvalue weighted by Gasteiger charge is -2.04. The first-order chi connectivity index (χ1) is 8.69. The average molecular weight is 246 g/mol. The summed E-state index contributed by atoms with van der Waals surface area (Å²) in [5, 5.41) is 9.25. The molecule has 0 aliphatic heterocycles. The van der Waals surface area contributed by atoms with E-state index in [1.165, 1.54) is 6.20 Å². The van der Waals surface area contributed by atoms with E-state index in [0.29, 0.717) is 18.1 Å². The van der Waals surface area contributed by atoms with Gasteiger partial charge in [0, 0.05) is 25.4 Å². The Balaban J connectivity index is 2.08. The van der Waals surface area contributed by atoms with Gasteiger partial charge in [0.2, 0.25) is 0 Å². The molecule has 0 spiro atoms. The zero-order chi connectivity index (χ0) is 13.0. The van der Waals surface area contributed by atoms with Gasteiger partial charge < -0.3 is 5.32 Å². The van der Waals surface area contributed by atoms with Gasteiger partial charge in [-0.3, -0.25) is 15.0 Å². The quantitative estimate of drug-likeness (QED) is 0.846. The van der Waals surface area contributed by atoms with E-state index in [9.17, 15) is 4.79 Å². The Morgan fingerprint density at radius 3 is 2.72 bits per heavy atom. The summed E-state index contributed by atoms with van der Waals surface area (Å²) in [5.41, 5.74) is 1.60. The second-order valence-electron chi connectivity index (χ2n) is 3.67. The Morgan fingerprint density at radius 1 is 1.33 bits per heavy atom. The van der Waals surface area contributed by atoms with Crippen molar-refractivity contribution in [2.75, 3.05) is 11.9 Å². The Hall–Kier alpha value is -2.44. The fourth-order valence-electron chi connectivity index (χ4n) is 1.42. The number of carbonyl (C=O) groups excluding carboxylic acids is 1. The van der Waals surface area contributed by atoms with Crippen molar-refractivity contribution in [3.05, 3.63) is 24.8 Å². The summed E-state index contributed by atoms with van der Waals surface area (Å²) >= 11 is 0. The summed E-state index contributed by atoms with van der Waals surface area (Å²) in [6.45, 7) is 2.41. The summed E-state index contributed by atoms with van der Waals surface area (Å²) in [4.78, 5) is 19.6. The first kappa shape index (κ1) is 12.0. The molecular weight excluding hydrogens is 232 g/mol. The molecule has 0 unspecified atom stereocenters. The lowest BCUT2D eigenvalue weighted by molar-refractivity contribution is 0.252. The first-order valence-electron chi connectivity index (χ1n) is 5.55. The Labute approximate surface area is 104 Å². The fourth-order valence-corrected chi connectivity index (χ4v) is 1.42. The number of rotatable bonds is 3. The van der Waals surface area contributed by atoms with Gasteiger partial charge in [-0.05, 0) is 6.92 Å². The van der Waals surface area contributed by atoms with Crippen LogP contribution in [0.5, 0.6) is 0 Å². The molecule has 0 bridgehead atoms. The summed E-state index contributed by atoms with van der Waals surface area (Å²) in [7, 11) is 1.84. The smallest absolute Gasteiger partial charge is 0.320 e. The van der Waals surface area contributed by atoms with Crippen LogP contribution in [0.2, 0.25) is 0 Å². The molecule has 0 fully saturated rings. The molecule has 2 N–H and O–H groups in total. The van der Waals surface area contributed by atoms with Crippen molar-refractivity contribution in [1.82, 2.24) is 25.1 Å². The Morgan fingerprint density at radius 2 is 2.17 bits per heavy atom. The van der Waals surface area contributed by atoms with Crippen molar-refractivity contribution in [2.24, 2.45) is 7.05 Å². The molecule has 0 radical (unpaired) electrons. The molecule has 7 heteroatoms. The van der Waals surface area contributed by atoms with Crippen LogP contribution < -0.4 is 10.6 Å². The third-order valence-corrected chi connectivity index (χ3v) is 2.23. The lowest BCUT2D eigenvalue weighted by atomic mass is 10.3. The molecule has 2 heterocycles. The summed E-state index contributed by atoms with van der Waals surface area (Å²) in [6.07, 6.45) is 6.66. The van der Waals surface area contributed by atoms with E-state index < -0.39 is 0 Å². The van der Waals surface area contributed by atoms with Crippen molar-refractivity contribution < 1.29 is 4.79 Å². The number of anilines is 1. The van der Waals surface area contributed by atoms with Crippen molar-refractivity contribution in [2.45, 2.75) is 6.92 Å². The van der Waals surface area contributed by atoms with Gasteiger partial charge in [0.25, 0.3) is 0 Å². The van der Waals surface area contributed by atoms with Crippen LogP contribution in [0.15, 0.2) is 24.8 Å². The number of hydrogen-bond donors (Lipinski definition) is 2. The molecule has 2 aromatic heterocycles. The highest BCUT2D eigenvalue weighted by molar-refractivity contribution is 5.88. The molecule has 2 rings (SSSR count). The zero-order valence-corrected chi connectivity index (χ0v) is 10.2. The van der Waals surface area contributed by atoms with E-state index in [0.717, 1.165) is 5.56 Å². The number of aromatic nitrogens is 4. The summed E-state index contributed by atoms with van der Waals surface area (Å²) < 4.78 is 1.69. The van der Waals surface area contributed by atoms with Crippen molar-refractivity contribution >= 4 is 11.8 Å². The summed E-state index contributed by atoms with van der Waals surface area (Å²) in [5.74, 6) is 0.411. The maximum atomic E-state index is 11.3. The van der Waals surface area contributed by atoms with Gasteiger partial charge in [-0.1, -0.05) is 0 Å². The second-order valence-corrected chi connectivity index (χ2v) is 3.67. The lowest BCUT2D eigenvalue weighted by Crippen LogP contribution is -2.28. The number of nitrogens with one attached hydrogen (secondary N) is 2. The molecule has 0 aliphatic rings. The SMILES string of the molecule is CCNC(=O)Nc1cnc(-c2cnn(C)c2)cn1. The standard InChI is InChI=1S/C11H14N6O/c1-3-12-11(18)16-10-6-13-9(5-14-10)8-4-15-17(2)7-8/h4-7H,3H2,1-2H3,(H2,12,14,16,18). The van der Waals surface area contributed by atoms with Gasteiger partial charge in [-0.25, -0.2) is 9.78 Å². The number of urea groups is 1. The van der Waals surface area contributed by atoms with Gasteiger partial charge in [-0.15, -0.1) is 0 Å². The zero-order valence-electron chi connectivity index (χ0n) is 10.2. The fraction of sp³-hybridized carbons (Fsp3) is 0.273. The third-order valence-electron chi connectivity index (χ3n) is 2.23. The van der Waals surface area contributed by atoms with Gasteiger partial charge in [0.15, 0.2) is 5.82 Å². The van der Waals surface area contributed by atoms with Gasteiger partial charge in [0.1, 0.15) is 0 Å². The molecule has 0 saturated carbocycles. The maximum absolute atomic E-state index is 11.3. The third kappa shape index (κ3) is 2.82. The van der Waals surface area contributed by atoms with Gasteiger partial charge >= 0.3 is 6.03 Å². The minimum absolute atomic E-state index is 0.291. The monoisotopic (exact) mass is 246 g/mol. The van der Waals surface area contributed by atoms with Crippen LogP contribution in [0, 0.1) is 0 Å². The summed E-state index contributed by atoms with van der Waals surface area (Å²) in [6, 6.07) is -0.291. The topological polar surface area (TPSA) is 84.7 Å². The van der Waals surface area contributed by atoms with Crippen LogP contribution in [-0.2, 0) is 7.05 Å². The van der Waals surface area contributed by atoms with Crippen molar-refractivity contribution in [1.29, 1.82) is 0 Å². The molecule has 2 amide bonds. The first-order valence-corrected chi connectivity index (χ1v) is 5.55. The average Bonchev–Trinajstić information content (AvgIpc) is 2.77. The molecule has 94 valence electrons. The van der Waals surface area contributed by atoms with Crippen LogP contribution >= 0.6 is 0 Å². The minimum Gasteiger partial charge on any atom is -0.338 e. The van der Waals surface area contributed by atoms with Crippen molar-refractivity contribution in [3.8, 4) is 11.3 Å². The number of aryl methyl sites for hydroxylation is 1. The van der Waals surface area contributed by atoms with E-state index in [1.54, 1.807) is 17.1 Å². The van der Waals surface area contributed by atoms with Crippen LogP contribution in [0.1, 0.15) is 6.92 Å². The van der Waals surface area contributed by atoms with E-state index in [2.05, 4.69) is 25.7 Å². The normalized spacial score (nSPS) is 10.1. The highest BCUT2D eigenvalue weighted by Gasteiger charge is 2.04. The Kier molecular flexibility index (Phi) is 3.52. The molecule has 2 aromatic rings. The van der Waals surface area contributed by atoms with E-state index in [4.69, 9.17) is 0 Å². The van der Waals surface area contributed by atoms with Crippen LogP contribution in [0.3, 0.4) is 0 Å². The van der Waals surface area contributed by atoms with Gasteiger partial charge in [0.05, 0.1) is 24.3 Å². The molecule has 18 heavy (non-hydrogen) atoms. The maximum Gasteiger partial charge on any atom is 0.320 e. The number of carbonyl (C=O) groups is 1. The van der Waals surface area contributed by atoms with E-state index in [-0.39, 0.29) is 6.03 Å². The number of nitrogens with zero attached hydrogens (tertiary/aromatic N) is 4. The molecule has 7 nitrogen and oxygen atoms in total. The highest BCUT2D eigenvalue weighted by Crippen LogP contribution is 2.14. The van der Waals surface area contributed by atoms with E-state index >= 15 is 0 Å². The van der Waals surface area contributed by atoms with Crippen LogP contribution in [-0.4, -0.2) is 32.3 Å². The van der Waals surface area contributed by atoms with Gasteiger partial charge in [-0.2, -0.15) is 5.10 Å².